The molecule has 17 heavy (non-hydrogen) atoms. The predicted octanol–water partition coefficient (Wildman–Crippen LogP) is 2.84. The van der Waals surface area contributed by atoms with Gasteiger partial charge in [0.15, 0.2) is 5.75 Å². The van der Waals surface area contributed by atoms with Crippen molar-refractivity contribution < 1.29 is 9.90 Å². The topological polar surface area (TPSA) is 49.3 Å². The summed E-state index contributed by atoms with van der Waals surface area (Å²) in [5.41, 5.74) is -0.533. The number of amides is 1. The van der Waals surface area contributed by atoms with Gasteiger partial charge in [-0.25, -0.2) is 0 Å². The van der Waals surface area contributed by atoms with Crippen LogP contribution in [0.5, 0.6) is 5.75 Å². The van der Waals surface area contributed by atoms with E-state index in [2.05, 4.69) is 11.2 Å². The first-order valence-electron chi connectivity index (χ1n) is 4.75. The van der Waals surface area contributed by atoms with Gasteiger partial charge in [0, 0.05) is 5.56 Å². The Kier molecular flexibility index (Phi) is 3.92. The van der Waals surface area contributed by atoms with Gasteiger partial charge in [0.05, 0.1) is 15.6 Å². The summed E-state index contributed by atoms with van der Waals surface area (Å²) in [4.78, 5) is 11.8. The minimum atomic E-state index is -0.770. The summed E-state index contributed by atoms with van der Waals surface area (Å²) in [5.74, 6) is 1.78. The first kappa shape index (κ1) is 13.7. The number of phenolic OH excluding ortho intramolecular Hbond substituents is 1. The molecule has 0 unspecified atom stereocenters. The predicted molar refractivity (Wildman–Crippen MR) is 68.5 cm³/mol. The number of rotatable bonds is 2. The molecule has 2 N–H and O–H groups in total. The lowest BCUT2D eigenvalue weighted by atomic mass is 10.1. The Hall–Kier alpha value is -1.37. The van der Waals surface area contributed by atoms with Crippen LogP contribution in [-0.2, 0) is 0 Å². The minimum Gasteiger partial charge on any atom is -0.505 e. The Bertz CT molecular complexity index is 481. The van der Waals surface area contributed by atoms with Gasteiger partial charge in [0.1, 0.15) is 0 Å². The molecule has 1 aromatic carbocycles. The summed E-state index contributed by atoms with van der Waals surface area (Å²) >= 11 is 11.4. The molecule has 0 aliphatic rings. The molecule has 3 nitrogen and oxygen atoms in total. The smallest absolute Gasteiger partial charge is 0.252 e. The third-order valence-corrected chi connectivity index (χ3v) is 2.64. The number of halogens is 2. The van der Waals surface area contributed by atoms with Crippen molar-refractivity contribution in [2.45, 2.75) is 19.4 Å². The fourth-order valence-corrected chi connectivity index (χ4v) is 1.58. The van der Waals surface area contributed by atoms with Crippen molar-refractivity contribution in [2.75, 3.05) is 0 Å². The van der Waals surface area contributed by atoms with E-state index in [0.29, 0.717) is 0 Å². The molecule has 0 aliphatic heterocycles. The largest absolute Gasteiger partial charge is 0.505 e. The number of benzene rings is 1. The molecule has 90 valence electrons. The van der Waals surface area contributed by atoms with Gasteiger partial charge in [-0.1, -0.05) is 29.1 Å². The van der Waals surface area contributed by atoms with Crippen molar-refractivity contribution in [1.29, 1.82) is 0 Å². The van der Waals surface area contributed by atoms with Gasteiger partial charge >= 0.3 is 0 Å². The molecule has 0 saturated carbocycles. The van der Waals surface area contributed by atoms with E-state index in [1.54, 1.807) is 13.8 Å². The summed E-state index contributed by atoms with van der Waals surface area (Å²) < 4.78 is 0. The molecule has 0 bridgehead atoms. The van der Waals surface area contributed by atoms with E-state index >= 15 is 0 Å². The number of hydrogen-bond acceptors (Lipinski definition) is 2. The van der Waals surface area contributed by atoms with Crippen LogP contribution >= 0.6 is 23.2 Å². The molecule has 5 heteroatoms. The summed E-state index contributed by atoms with van der Waals surface area (Å²) in [6, 6.07) is 2.65. The molecule has 0 aromatic heterocycles. The summed E-state index contributed by atoms with van der Waals surface area (Å²) in [6.45, 7) is 3.38. The van der Waals surface area contributed by atoms with Crippen molar-refractivity contribution in [3.05, 3.63) is 27.7 Å². The number of phenols is 1. The maximum Gasteiger partial charge on any atom is 0.252 e. The van der Waals surface area contributed by atoms with Crippen LogP contribution in [-0.4, -0.2) is 16.6 Å². The van der Waals surface area contributed by atoms with E-state index in [9.17, 15) is 9.90 Å². The average Bonchev–Trinajstić information content (AvgIpc) is 2.24. The Morgan fingerprint density at radius 1 is 1.41 bits per heavy atom. The maximum atomic E-state index is 11.8. The lowest BCUT2D eigenvalue weighted by molar-refractivity contribution is 0.0930. The molecule has 0 fully saturated rings. The van der Waals surface area contributed by atoms with E-state index in [1.165, 1.54) is 12.1 Å². The van der Waals surface area contributed by atoms with Gasteiger partial charge in [-0.05, 0) is 26.0 Å². The lowest BCUT2D eigenvalue weighted by Gasteiger charge is -2.19. The SMILES string of the molecule is C#CC(C)(C)NC(=O)c1cc(Cl)c(O)c(Cl)c1. The van der Waals surface area contributed by atoms with Crippen molar-refractivity contribution >= 4 is 29.1 Å². The molecule has 0 atom stereocenters. The quantitative estimate of drug-likeness (QED) is 0.813. The summed E-state index contributed by atoms with van der Waals surface area (Å²) in [7, 11) is 0. The molecule has 1 rings (SSSR count). The van der Waals surface area contributed by atoms with Crippen LogP contribution in [0.2, 0.25) is 10.0 Å². The first-order valence-corrected chi connectivity index (χ1v) is 5.51. The highest BCUT2D eigenvalue weighted by Gasteiger charge is 2.19. The number of terminal acetylenes is 1. The van der Waals surface area contributed by atoms with Gasteiger partial charge in [0.2, 0.25) is 0 Å². The maximum absolute atomic E-state index is 11.8. The standard InChI is InChI=1S/C12H11Cl2NO2/c1-4-12(2,3)15-11(17)7-5-8(13)10(16)9(14)6-7/h1,5-6,16H,2-3H3,(H,15,17). The van der Waals surface area contributed by atoms with E-state index in [1.807, 2.05) is 0 Å². The molecule has 0 spiro atoms. The second-order valence-corrected chi connectivity index (χ2v) is 4.83. The Morgan fingerprint density at radius 2 is 1.88 bits per heavy atom. The Morgan fingerprint density at radius 3 is 2.29 bits per heavy atom. The van der Waals surface area contributed by atoms with Crippen LogP contribution in [0.15, 0.2) is 12.1 Å². The van der Waals surface area contributed by atoms with Gasteiger partial charge in [-0.3, -0.25) is 4.79 Å². The molecular weight excluding hydrogens is 261 g/mol. The number of nitrogens with one attached hydrogen (secondary N) is 1. The fourth-order valence-electron chi connectivity index (χ4n) is 1.09. The minimum absolute atomic E-state index is 0.0150. The molecule has 0 saturated heterocycles. The van der Waals surface area contributed by atoms with Crippen molar-refractivity contribution in [3.8, 4) is 18.1 Å². The van der Waals surface area contributed by atoms with Crippen molar-refractivity contribution in [1.82, 2.24) is 5.32 Å². The normalized spacial score (nSPS) is 10.8. The third kappa shape index (κ3) is 3.29. The zero-order valence-electron chi connectivity index (χ0n) is 9.34. The molecule has 0 radical (unpaired) electrons. The third-order valence-electron chi connectivity index (χ3n) is 2.07. The molecular formula is C12H11Cl2NO2. The molecule has 1 aromatic rings. The van der Waals surface area contributed by atoms with Crippen molar-refractivity contribution in [3.63, 3.8) is 0 Å². The number of carbonyl (C=O) groups is 1. The summed E-state index contributed by atoms with van der Waals surface area (Å²) in [6.07, 6.45) is 5.26. The molecule has 0 aliphatic carbocycles. The van der Waals surface area contributed by atoms with Crippen LogP contribution in [0.1, 0.15) is 24.2 Å². The van der Waals surface area contributed by atoms with Crippen LogP contribution in [0.25, 0.3) is 0 Å². The van der Waals surface area contributed by atoms with Gasteiger partial charge in [-0.15, -0.1) is 6.42 Å². The molecule has 0 heterocycles. The van der Waals surface area contributed by atoms with Crippen LogP contribution in [0.4, 0.5) is 0 Å². The van der Waals surface area contributed by atoms with Gasteiger partial charge in [0.25, 0.3) is 5.91 Å². The van der Waals surface area contributed by atoms with Crippen LogP contribution < -0.4 is 5.32 Å². The number of hydrogen-bond donors (Lipinski definition) is 2. The highest BCUT2D eigenvalue weighted by Crippen LogP contribution is 2.32. The van der Waals surface area contributed by atoms with Crippen LogP contribution in [0.3, 0.4) is 0 Å². The zero-order chi connectivity index (χ0) is 13.2. The van der Waals surface area contributed by atoms with Crippen molar-refractivity contribution in [2.24, 2.45) is 0 Å². The Balaban J connectivity index is 3.03. The average molecular weight is 272 g/mol. The Labute approximate surface area is 110 Å². The second kappa shape index (κ2) is 4.87. The van der Waals surface area contributed by atoms with E-state index in [4.69, 9.17) is 29.6 Å². The van der Waals surface area contributed by atoms with Crippen LogP contribution in [0, 0.1) is 12.3 Å². The van der Waals surface area contributed by atoms with E-state index in [0.717, 1.165) is 0 Å². The fraction of sp³-hybridized carbons (Fsp3) is 0.250. The number of aromatic hydroxyl groups is 1. The second-order valence-electron chi connectivity index (χ2n) is 4.01. The first-order chi connectivity index (χ1) is 7.76. The molecule has 1 amide bonds. The van der Waals surface area contributed by atoms with E-state index in [-0.39, 0.29) is 21.4 Å². The highest BCUT2D eigenvalue weighted by molar-refractivity contribution is 6.37. The zero-order valence-corrected chi connectivity index (χ0v) is 10.9. The lowest BCUT2D eigenvalue weighted by Crippen LogP contribution is -2.42. The summed E-state index contributed by atoms with van der Waals surface area (Å²) in [5, 5.41) is 12.0. The number of carbonyl (C=O) groups excluding carboxylic acids is 1. The monoisotopic (exact) mass is 271 g/mol. The highest BCUT2D eigenvalue weighted by atomic mass is 35.5. The van der Waals surface area contributed by atoms with E-state index < -0.39 is 11.4 Å². The van der Waals surface area contributed by atoms with Gasteiger partial charge in [-0.2, -0.15) is 0 Å². The van der Waals surface area contributed by atoms with Gasteiger partial charge < -0.3 is 10.4 Å².